The van der Waals surface area contributed by atoms with Crippen molar-refractivity contribution in [3.8, 4) is 11.1 Å². The van der Waals surface area contributed by atoms with Crippen LogP contribution in [0.3, 0.4) is 0 Å². The van der Waals surface area contributed by atoms with Gasteiger partial charge in [-0.05, 0) is 49.1 Å². The molecule has 0 aliphatic carbocycles. The Morgan fingerprint density at radius 1 is 0.950 bits per heavy atom. The molecule has 1 nitrogen and oxygen atoms in total. The van der Waals surface area contributed by atoms with Crippen LogP contribution in [0.15, 0.2) is 48.5 Å². The molecule has 1 atom stereocenters. The minimum atomic E-state index is 0.459. The molecule has 0 aliphatic heterocycles. The van der Waals surface area contributed by atoms with Gasteiger partial charge in [0.25, 0.3) is 0 Å². The Balaban J connectivity index is 2.24. The maximum atomic E-state index is 3.62. The van der Waals surface area contributed by atoms with E-state index in [1.807, 2.05) is 0 Å². The normalized spacial score (nSPS) is 12.3. The predicted molar refractivity (Wildman–Crippen MR) is 87.9 cm³/mol. The quantitative estimate of drug-likeness (QED) is 0.766. The SMILES string of the molecule is CCCNC(CC)c1cccc(-c2ccc(C)cc2)c1. The smallest absolute Gasteiger partial charge is 0.0317 e. The minimum Gasteiger partial charge on any atom is -0.310 e. The highest BCUT2D eigenvalue weighted by atomic mass is 14.9. The Morgan fingerprint density at radius 2 is 1.70 bits per heavy atom. The molecule has 2 aromatic carbocycles. The van der Waals surface area contributed by atoms with Crippen LogP contribution in [0, 0.1) is 6.92 Å². The molecule has 0 aromatic heterocycles. The summed E-state index contributed by atoms with van der Waals surface area (Å²) >= 11 is 0. The second-order valence-electron chi connectivity index (χ2n) is 5.41. The van der Waals surface area contributed by atoms with Crippen LogP contribution in [0.1, 0.15) is 43.9 Å². The van der Waals surface area contributed by atoms with Crippen molar-refractivity contribution in [2.24, 2.45) is 0 Å². The van der Waals surface area contributed by atoms with Crippen LogP contribution in [0.2, 0.25) is 0 Å². The summed E-state index contributed by atoms with van der Waals surface area (Å²) in [6.07, 6.45) is 2.30. The molecular weight excluding hydrogens is 242 g/mol. The van der Waals surface area contributed by atoms with Gasteiger partial charge in [-0.1, -0.05) is 61.9 Å². The van der Waals surface area contributed by atoms with Gasteiger partial charge in [0.15, 0.2) is 0 Å². The Hall–Kier alpha value is -1.60. The maximum absolute atomic E-state index is 3.62. The average molecular weight is 267 g/mol. The number of hydrogen-bond acceptors (Lipinski definition) is 1. The van der Waals surface area contributed by atoms with Crippen LogP contribution < -0.4 is 5.32 Å². The first kappa shape index (κ1) is 14.8. The van der Waals surface area contributed by atoms with E-state index >= 15 is 0 Å². The summed E-state index contributed by atoms with van der Waals surface area (Å²) in [7, 11) is 0. The standard InChI is InChI=1S/C19H25N/c1-4-13-20-19(5-2)18-8-6-7-17(14-18)16-11-9-15(3)10-12-16/h6-12,14,19-20H,4-5,13H2,1-3H3. The lowest BCUT2D eigenvalue weighted by atomic mass is 9.97. The molecule has 0 heterocycles. The van der Waals surface area contributed by atoms with E-state index in [2.05, 4.69) is 74.6 Å². The van der Waals surface area contributed by atoms with Crippen molar-refractivity contribution >= 4 is 0 Å². The fourth-order valence-electron chi connectivity index (χ4n) is 2.50. The van der Waals surface area contributed by atoms with Crippen molar-refractivity contribution in [2.45, 2.75) is 39.7 Å². The molecule has 20 heavy (non-hydrogen) atoms. The fourth-order valence-corrected chi connectivity index (χ4v) is 2.50. The second kappa shape index (κ2) is 7.25. The minimum absolute atomic E-state index is 0.459. The summed E-state index contributed by atoms with van der Waals surface area (Å²) in [5.74, 6) is 0. The lowest BCUT2D eigenvalue weighted by molar-refractivity contribution is 0.518. The van der Waals surface area contributed by atoms with Gasteiger partial charge in [0.1, 0.15) is 0 Å². The maximum Gasteiger partial charge on any atom is 0.0317 e. The molecule has 0 saturated heterocycles. The summed E-state index contributed by atoms with van der Waals surface area (Å²) < 4.78 is 0. The number of hydrogen-bond donors (Lipinski definition) is 1. The van der Waals surface area contributed by atoms with Gasteiger partial charge in [-0.15, -0.1) is 0 Å². The lowest BCUT2D eigenvalue weighted by Gasteiger charge is -2.18. The predicted octanol–water partition coefficient (Wildman–Crippen LogP) is 5.11. The number of nitrogens with one attached hydrogen (secondary N) is 1. The molecule has 1 unspecified atom stereocenters. The zero-order valence-corrected chi connectivity index (χ0v) is 12.8. The number of rotatable bonds is 6. The molecule has 0 bridgehead atoms. The summed E-state index contributed by atoms with van der Waals surface area (Å²) in [6.45, 7) is 7.66. The molecule has 0 saturated carbocycles. The molecule has 1 N–H and O–H groups in total. The van der Waals surface area contributed by atoms with E-state index in [0.29, 0.717) is 6.04 Å². The highest BCUT2D eigenvalue weighted by Gasteiger charge is 2.09. The van der Waals surface area contributed by atoms with Crippen LogP contribution >= 0.6 is 0 Å². The summed E-state index contributed by atoms with van der Waals surface area (Å²) in [6, 6.07) is 18.1. The van der Waals surface area contributed by atoms with Crippen molar-refractivity contribution in [2.75, 3.05) is 6.54 Å². The fraction of sp³-hybridized carbons (Fsp3) is 0.368. The summed E-state index contributed by atoms with van der Waals surface area (Å²) in [5, 5.41) is 3.62. The first-order chi connectivity index (χ1) is 9.74. The Kier molecular flexibility index (Phi) is 5.37. The average Bonchev–Trinajstić information content (AvgIpc) is 2.49. The molecular formula is C19H25N. The Morgan fingerprint density at radius 3 is 2.35 bits per heavy atom. The largest absolute Gasteiger partial charge is 0.310 e. The van der Waals surface area contributed by atoms with Gasteiger partial charge >= 0.3 is 0 Å². The van der Waals surface area contributed by atoms with Gasteiger partial charge in [0.2, 0.25) is 0 Å². The van der Waals surface area contributed by atoms with Gasteiger partial charge in [-0.2, -0.15) is 0 Å². The zero-order chi connectivity index (χ0) is 14.4. The van der Waals surface area contributed by atoms with Crippen LogP contribution in [0.5, 0.6) is 0 Å². The van der Waals surface area contributed by atoms with Crippen molar-refractivity contribution in [1.82, 2.24) is 5.32 Å². The molecule has 1 heteroatoms. The first-order valence-electron chi connectivity index (χ1n) is 7.65. The van der Waals surface area contributed by atoms with Gasteiger partial charge in [0, 0.05) is 6.04 Å². The molecule has 2 aromatic rings. The molecule has 0 amide bonds. The van der Waals surface area contributed by atoms with Crippen molar-refractivity contribution < 1.29 is 0 Å². The van der Waals surface area contributed by atoms with E-state index in [9.17, 15) is 0 Å². The lowest BCUT2D eigenvalue weighted by Crippen LogP contribution is -2.21. The van der Waals surface area contributed by atoms with E-state index < -0.39 is 0 Å². The summed E-state index contributed by atoms with van der Waals surface area (Å²) in [4.78, 5) is 0. The highest BCUT2D eigenvalue weighted by Crippen LogP contribution is 2.25. The molecule has 106 valence electrons. The Bertz CT molecular complexity index is 528. The van der Waals surface area contributed by atoms with E-state index in [-0.39, 0.29) is 0 Å². The molecule has 0 aliphatic rings. The van der Waals surface area contributed by atoms with Gasteiger partial charge < -0.3 is 5.32 Å². The summed E-state index contributed by atoms with van der Waals surface area (Å²) in [5.41, 5.74) is 5.29. The second-order valence-corrected chi connectivity index (χ2v) is 5.41. The van der Waals surface area contributed by atoms with Gasteiger partial charge in [0.05, 0.1) is 0 Å². The first-order valence-corrected chi connectivity index (χ1v) is 7.65. The van der Waals surface area contributed by atoms with E-state index in [1.165, 1.54) is 28.7 Å². The van der Waals surface area contributed by atoms with Crippen LogP contribution in [-0.4, -0.2) is 6.54 Å². The highest BCUT2D eigenvalue weighted by molar-refractivity contribution is 5.64. The third kappa shape index (κ3) is 3.71. The third-order valence-electron chi connectivity index (χ3n) is 3.72. The molecule has 0 radical (unpaired) electrons. The molecule has 0 spiro atoms. The van der Waals surface area contributed by atoms with Crippen LogP contribution in [0.4, 0.5) is 0 Å². The number of benzene rings is 2. The van der Waals surface area contributed by atoms with Crippen LogP contribution in [-0.2, 0) is 0 Å². The van der Waals surface area contributed by atoms with Crippen molar-refractivity contribution in [1.29, 1.82) is 0 Å². The van der Waals surface area contributed by atoms with Crippen LogP contribution in [0.25, 0.3) is 11.1 Å². The van der Waals surface area contributed by atoms with Crippen molar-refractivity contribution in [3.05, 3.63) is 59.7 Å². The van der Waals surface area contributed by atoms with Gasteiger partial charge in [-0.25, -0.2) is 0 Å². The topological polar surface area (TPSA) is 12.0 Å². The third-order valence-corrected chi connectivity index (χ3v) is 3.72. The number of aryl methyl sites for hydroxylation is 1. The molecule has 2 rings (SSSR count). The Labute approximate surface area is 123 Å². The zero-order valence-electron chi connectivity index (χ0n) is 12.8. The van der Waals surface area contributed by atoms with E-state index in [1.54, 1.807) is 0 Å². The molecule has 0 fully saturated rings. The monoisotopic (exact) mass is 267 g/mol. The van der Waals surface area contributed by atoms with E-state index in [0.717, 1.165) is 13.0 Å². The van der Waals surface area contributed by atoms with E-state index in [4.69, 9.17) is 0 Å². The van der Waals surface area contributed by atoms with Crippen molar-refractivity contribution in [3.63, 3.8) is 0 Å². The van der Waals surface area contributed by atoms with Gasteiger partial charge in [-0.3, -0.25) is 0 Å².